The molecule has 0 aliphatic carbocycles. The van der Waals surface area contributed by atoms with Crippen molar-refractivity contribution in [1.82, 2.24) is 9.78 Å². The van der Waals surface area contributed by atoms with Crippen LogP contribution < -0.4 is 56.7 Å². The topological polar surface area (TPSA) is 84.2 Å². The zero-order chi connectivity index (χ0) is 19.9. The van der Waals surface area contributed by atoms with Gasteiger partial charge >= 0.3 is 57.4 Å². The molecule has 2 aromatic carbocycles. The Labute approximate surface area is 225 Å². The van der Waals surface area contributed by atoms with E-state index in [1.807, 2.05) is 54.6 Å². The molecular weight excluding hydrogens is 481 g/mol. The molecule has 1 aromatic heterocycles. The fourth-order valence-electron chi connectivity index (χ4n) is 2.54. The van der Waals surface area contributed by atoms with Crippen LogP contribution in [0.25, 0.3) is 0 Å². The van der Waals surface area contributed by atoms with Crippen LogP contribution in [-0.2, 0) is 17.8 Å². The van der Waals surface area contributed by atoms with Crippen molar-refractivity contribution in [2.75, 3.05) is 11.1 Å². The average Bonchev–Trinajstić information content (AvgIpc) is 3.10. The molecule has 0 radical (unpaired) electrons. The van der Waals surface area contributed by atoms with Gasteiger partial charge in [0.15, 0.2) is 5.69 Å². The van der Waals surface area contributed by atoms with E-state index in [0.29, 0.717) is 13.0 Å². The van der Waals surface area contributed by atoms with Crippen LogP contribution in [0.4, 0.5) is 5.69 Å². The minimum absolute atomic E-state index is 0. The third-order valence-electron chi connectivity index (χ3n) is 3.89. The first-order valence-electron chi connectivity index (χ1n) is 8.54. The van der Waals surface area contributed by atoms with E-state index < -0.39 is 5.97 Å². The summed E-state index contributed by atoms with van der Waals surface area (Å²) in [6.45, 7) is 0.522. The van der Waals surface area contributed by atoms with Gasteiger partial charge in [0, 0.05) is 22.1 Å². The first-order chi connectivity index (χ1) is 13.5. The summed E-state index contributed by atoms with van der Waals surface area (Å²) < 4.78 is 2.52. The predicted molar refractivity (Wildman–Crippen MR) is 114 cm³/mol. The van der Waals surface area contributed by atoms with Crippen molar-refractivity contribution >= 4 is 45.3 Å². The molecule has 0 aliphatic rings. The summed E-state index contributed by atoms with van der Waals surface area (Å²) in [5.41, 5.74) is 1.18. The molecule has 0 aliphatic heterocycles. The molecule has 146 valence electrons. The van der Waals surface area contributed by atoms with Crippen molar-refractivity contribution in [3.05, 3.63) is 76.5 Å². The van der Waals surface area contributed by atoms with E-state index in [2.05, 4.69) is 26.3 Å². The summed E-state index contributed by atoms with van der Waals surface area (Å²) in [6.07, 6.45) is 2.28. The monoisotopic (exact) mass is 499 g/mol. The third kappa shape index (κ3) is 7.67. The van der Waals surface area contributed by atoms with Crippen LogP contribution in [0.5, 0.6) is 0 Å². The Morgan fingerprint density at radius 3 is 2.48 bits per heavy atom. The van der Waals surface area contributed by atoms with Gasteiger partial charge in [-0.1, -0.05) is 46.3 Å². The maximum Gasteiger partial charge on any atom is 1.00 e. The van der Waals surface area contributed by atoms with E-state index in [4.69, 9.17) is 0 Å². The number of hydrogen-bond donors (Lipinski definition) is 2. The molecule has 6 nitrogen and oxygen atoms in total. The van der Waals surface area contributed by atoms with Crippen molar-refractivity contribution in [1.29, 1.82) is 0 Å². The number of rotatable bonds is 8. The maximum absolute atomic E-state index is 12.2. The number of carboxylic acid groups (broad SMARTS) is 1. The molecule has 2 N–H and O–H groups in total. The molecule has 9 heteroatoms. The van der Waals surface area contributed by atoms with Gasteiger partial charge in [-0.05, 0) is 36.2 Å². The van der Waals surface area contributed by atoms with Crippen LogP contribution >= 0.6 is 27.7 Å². The smallest absolute Gasteiger partial charge is 1.00 e. The maximum atomic E-state index is 12.2. The normalized spacial score (nSPS) is 10.2. The first-order valence-corrected chi connectivity index (χ1v) is 10.3. The molecule has 0 saturated heterocycles. The number of aromatic nitrogens is 2. The standard InChI is InChI=1S/C20H18BrN3O3S.K.H/c21-15-6-8-16(9-7-15)28-13-18(25)22-17-12-24(23-19(17)20(26)27)11-10-14-4-2-1-3-5-14;;/h1-9,12H,10-11,13H2,(H,22,25)(H,26,27);;/q;+1;-1. The summed E-state index contributed by atoms with van der Waals surface area (Å²) in [6, 6.07) is 17.5. The van der Waals surface area contributed by atoms with Gasteiger partial charge in [-0.25, -0.2) is 4.79 Å². The van der Waals surface area contributed by atoms with Crippen LogP contribution in [0.1, 0.15) is 17.5 Å². The Morgan fingerprint density at radius 2 is 1.83 bits per heavy atom. The Kier molecular flexibility index (Phi) is 10.1. The third-order valence-corrected chi connectivity index (χ3v) is 5.44. The fraction of sp³-hybridized carbons (Fsp3) is 0.150. The fourth-order valence-corrected chi connectivity index (χ4v) is 3.50. The van der Waals surface area contributed by atoms with Crippen molar-refractivity contribution in [3.63, 3.8) is 0 Å². The minimum Gasteiger partial charge on any atom is -1.00 e. The summed E-state index contributed by atoms with van der Waals surface area (Å²) in [5.74, 6) is -1.28. The second-order valence-corrected chi connectivity index (χ2v) is 7.95. The number of hydrogen-bond acceptors (Lipinski definition) is 4. The van der Waals surface area contributed by atoms with Crippen molar-refractivity contribution < 1.29 is 67.5 Å². The number of aromatic carboxylic acids is 1. The van der Waals surface area contributed by atoms with E-state index in [1.54, 1.807) is 10.9 Å². The summed E-state index contributed by atoms with van der Waals surface area (Å²) in [5, 5.41) is 16.1. The molecule has 0 bridgehead atoms. The Morgan fingerprint density at radius 1 is 1.14 bits per heavy atom. The second-order valence-electron chi connectivity index (χ2n) is 5.99. The van der Waals surface area contributed by atoms with Gasteiger partial charge in [-0.3, -0.25) is 9.48 Å². The number of amides is 1. The molecular formula is C20H19BrKN3O3S. The number of thioether (sulfide) groups is 1. The van der Waals surface area contributed by atoms with Crippen molar-refractivity contribution in [2.24, 2.45) is 0 Å². The molecule has 0 unspecified atom stereocenters. The van der Waals surface area contributed by atoms with Crippen molar-refractivity contribution in [3.8, 4) is 0 Å². The van der Waals surface area contributed by atoms with Gasteiger partial charge < -0.3 is 11.8 Å². The number of carboxylic acids is 1. The molecule has 1 heterocycles. The van der Waals surface area contributed by atoms with Gasteiger partial charge in [0.1, 0.15) is 0 Å². The minimum atomic E-state index is -1.17. The summed E-state index contributed by atoms with van der Waals surface area (Å²) in [7, 11) is 0. The Hall–Kier alpha value is -0.944. The SMILES string of the molecule is O=C(CSc1ccc(Br)cc1)Nc1cn(CCc2ccccc2)nc1C(=O)O.[H-].[K+]. The van der Waals surface area contributed by atoms with E-state index in [1.165, 1.54) is 11.8 Å². The molecule has 3 aromatic rings. The molecule has 3 rings (SSSR count). The van der Waals surface area contributed by atoms with Crippen LogP contribution in [-0.4, -0.2) is 32.5 Å². The molecule has 1 amide bonds. The van der Waals surface area contributed by atoms with Gasteiger partial charge in [0.25, 0.3) is 0 Å². The van der Waals surface area contributed by atoms with Gasteiger partial charge in [-0.2, -0.15) is 5.10 Å². The zero-order valence-corrected chi connectivity index (χ0v) is 21.4. The Balaban J connectivity index is 0.00000225. The quantitative estimate of drug-likeness (QED) is 0.361. The summed E-state index contributed by atoms with van der Waals surface area (Å²) in [4.78, 5) is 24.7. The number of halogens is 1. The van der Waals surface area contributed by atoms with E-state index in [-0.39, 0.29) is 75.9 Å². The van der Waals surface area contributed by atoms with E-state index in [0.717, 1.165) is 14.9 Å². The average molecular weight is 500 g/mol. The Bertz CT molecular complexity index is 971. The number of benzene rings is 2. The molecule has 0 fully saturated rings. The second kappa shape index (κ2) is 12.0. The number of anilines is 1. The van der Waals surface area contributed by atoms with E-state index >= 15 is 0 Å². The van der Waals surface area contributed by atoms with Crippen LogP contribution in [0.15, 0.2) is 70.2 Å². The van der Waals surface area contributed by atoms with Gasteiger partial charge in [0.2, 0.25) is 5.91 Å². The van der Waals surface area contributed by atoms with Crippen LogP contribution in [0.2, 0.25) is 0 Å². The molecule has 0 atom stereocenters. The molecule has 0 spiro atoms. The van der Waals surface area contributed by atoms with Gasteiger partial charge in [-0.15, -0.1) is 11.8 Å². The largest absolute Gasteiger partial charge is 1.00 e. The number of carbonyl (C=O) groups excluding carboxylic acids is 1. The zero-order valence-electron chi connectivity index (χ0n) is 16.8. The number of aryl methyl sites for hydroxylation is 2. The van der Waals surface area contributed by atoms with Gasteiger partial charge in [0.05, 0.1) is 11.4 Å². The van der Waals surface area contributed by atoms with E-state index in [9.17, 15) is 14.7 Å². The molecule has 29 heavy (non-hydrogen) atoms. The number of carbonyl (C=O) groups is 2. The van der Waals surface area contributed by atoms with Crippen LogP contribution in [0, 0.1) is 0 Å². The number of nitrogens with zero attached hydrogens (tertiary/aromatic N) is 2. The van der Waals surface area contributed by atoms with Crippen molar-refractivity contribution in [2.45, 2.75) is 17.9 Å². The predicted octanol–water partition coefficient (Wildman–Crippen LogP) is 1.43. The molecule has 0 saturated carbocycles. The summed E-state index contributed by atoms with van der Waals surface area (Å²) >= 11 is 4.75. The number of nitrogens with one attached hydrogen (secondary N) is 1. The first kappa shape index (κ1) is 24.3. The van der Waals surface area contributed by atoms with Crippen LogP contribution in [0.3, 0.4) is 0 Å².